The minimum absolute atomic E-state index is 0.296. The van der Waals surface area contributed by atoms with E-state index in [1.54, 1.807) is 0 Å². The summed E-state index contributed by atoms with van der Waals surface area (Å²) < 4.78 is 11.8. The van der Waals surface area contributed by atoms with E-state index in [4.69, 9.17) is 9.31 Å². The molecule has 0 saturated carbocycles. The van der Waals surface area contributed by atoms with Crippen molar-refractivity contribution in [2.45, 2.75) is 6.92 Å². The standard InChI is InChI=1S/C23H19BO2/c1-16-8-2-3-9-17(16)22-18-10-4-6-12-20(18)23(24-25-14-15-26-24)21-13-7-5-11-19(21)22/h2-13H,14-15H2,1H3. The topological polar surface area (TPSA) is 18.5 Å². The van der Waals surface area contributed by atoms with Gasteiger partial charge in [-0.15, -0.1) is 0 Å². The minimum atomic E-state index is -0.296. The molecule has 1 fully saturated rings. The lowest BCUT2D eigenvalue weighted by Crippen LogP contribution is -2.33. The summed E-state index contributed by atoms with van der Waals surface area (Å²) >= 11 is 0. The molecule has 5 rings (SSSR count). The fraction of sp³-hybridized carbons (Fsp3) is 0.130. The van der Waals surface area contributed by atoms with Gasteiger partial charge < -0.3 is 9.31 Å². The van der Waals surface area contributed by atoms with E-state index in [0.717, 1.165) is 5.46 Å². The SMILES string of the molecule is Cc1ccccc1-c1c2ccccc2c(B2OCCO2)c2ccccc12. The van der Waals surface area contributed by atoms with E-state index in [2.05, 4.69) is 79.7 Å². The fourth-order valence-corrected chi connectivity index (χ4v) is 4.08. The molecule has 4 aromatic carbocycles. The zero-order valence-electron chi connectivity index (χ0n) is 14.7. The Labute approximate surface area is 153 Å². The van der Waals surface area contributed by atoms with E-state index in [9.17, 15) is 0 Å². The Hall–Kier alpha value is -2.62. The van der Waals surface area contributed by atoms with Crippen LogP contribution in [0.3, 0.4) is 0 Å². The Balaban J connectivity index is 1.97. The first kappa shape index (κ1) is 15.6. The first-order valence-corrected chi connectivity index (χ1v) is 9.07. The van der Waals surface area contributed by atoms with Gasteiger partial charge in [0.15, 0.2) is 0 Å². The number of fused-ring (bicyclic) bond motifs is 2. The quantitative estimate of drug-likeness (QED) is 0.389. The number of hydrogen-bond donors (Lipinski definition) is 0. The number of aryl methyl sites for hydroxylation is 1. The molecular weight excluding hydrogens is 319 g/mol. The molecule has 0 unspecified atom stereocenters. The van der Waals surface area contributed by atoms with Gasteiger partial charge in [0.1, 0.15) is 0 Å². The van der Waals surface area contributed by atoms with E-state index >= 15 is 0 Å². The lowest BCUT2D eigenvalue weighted by atomic mass is 9.71. The summed E-state index contributed by atoms with van der Waals surface area (Å²) in [7, 11) is -0.296. The Morgan fingerprint density at radius 1 is 0.654 bits per heavy atom. The van der Waals surface area contributed by atoms with Crippen LogP contribution in [0.4, 0.5) is 0 Å². The van der Waals surface area contributed by atoms with Crippen LogP contribution in [0.1, 0.15) is 5.56 Å². The molecule has 4 aromatic rings. The van der Waals surface area contributed by atoms with Crippen LogP contribution < -0.4 is 5.46 Å². The molecule has 0 spiro atoms. The van der Waals surface area contributed by atoms with E-state index in [1.165, 1.54) is 38.2 Å². The van der Waals surface area contributed by atoms with Gasteiger partial charge in [-0.2, -0.15) is 0 Å². The van der Waals surface area contributed by atoms with Crippen LogP contribution >= 0.6 is 0 Å². The molecule has 0 bridgehead atoms. The van der Waals surface area contributed by atoms with Gasteiger partial charge in [-0.05, 0) is 50.6 Å². The van der Waals surface area contributed by atoms with Crippen molar-refractivity contribution in [3.05, 3.63) is 78.4 Å². The number of hydrogen-bond acceptors (Lipinski definition) is 2. The highest BCUT2D eigenvalue weighted by Gasteiger charge is 2.31. The smallest absolute Gasteiger partial charge is 0.405 e. The summed E-state index contributed by atoms with van der Waals surface area (Å²) in [4.78, 5) is 0. The van der Waals surface area contributed by atoms with Gasteiger partial charge in [0.05, 0.1) is 13.2 Å². The van der Waals surface area contributed by atoms with E-state index in [0.29, 0.717) is 13.2 Å². The average Bonchev–Trinajstić information content (AvgIpc) is 3.21. The number of rotatable bonds is 2. The van der Waals surface area contributed by atoms with Crippen molar-refractivity contribution >= 4 is 34.1 Å². The molecule has 0 atom stereocenters. The second-order valence-corrected chi connectivity index (χ2v) is 6.77. The second-order valence-electron chi connectivity index (χ2n) is 6.77. The monoisotopic (exact) mass is 338 g/mol. The Kier molecular flexibility index (Phi) is 3.77. The predicted molar refractivity (Wildman–Crippen MR) is 109 cm³/mol. The molecule has 0 aromatic heterocycles. The van der Waals surface area contributed by atoms with E-state index in [1.807, 2.05) is 0 Å². The molecule has 0 radical (unpaired) electrons. The van der Waals surface area contributed by atoms with Gasteiger partial charge in [-0.3, -0.25) is 0 Å². The van der Waals surface area contributed by atoms with Gasteiger partial charge >= 0.3 is 7.12 Å². The molecular formula is C23H19BO2. The molecule has 1 aliphatic heterocycles. The van der Waals surface area contributed by atoms with Crippen molar-refractivity contribution in [3.8, 4) is 11.1 Å². The molecule has 3 heteroatoms. The first-order chi connectivity index (χ1) is 12.8. The van der Waals surface area contributed by atoms with Crippen LogP contribution in [-0.2, 0) is 9.31 Å². The summed E-state index contributed by atoms with van der Waals surface area (Å²) in [5, 5.41) is 4.90. The third kappa shape index (κ3) is 2.36. The van der Waals surface area contributed by atoms with Gasteiger partial charge in [-0.25, -0.2) is 0 Å². The Morgan fingerprint density at radius 2 is 1.15 bits per heavy atom. The molecule has 2 nitrogen and oxygen atoms in total. The predicted octanol–water partition coefficient (Wildman–Crippen LogP) is 4.71. The highest BCUT2D eigenvalue weighted by atomic mass is 16.6. The van der Waals surface area contributed by atoms with Crippen molar-refractivity contribution in [2.24, 2.45) is 0 Å². The number of benzene rings is 4. The van der Waals surface area contributed by atoms with Crippen molar-refractivity contribution in [2.75, 3.05) is 13.2 Å². The second kappa shape index (κ2) is 6.28. The summed E-state index contributed by atoms with van der Waals surface area (Å²) in [6.07, 6.45) is 0. The Bertz CT molecular complexity index is 1060. The molecule has 126 valence electrons. The van der Waals surface area contributed by atoms with E-state index < -0.39 is 0 Å². The van der Waals surface area contributed by atoms with Crippen molar-refractivity contribution in [3.63, 3.8) is 0 Å². The molecule has 1 aliphatic rings. The highest BCUT2D eigenvalue weighted by Crippen LogP contribution is 2.37. The lowest BCUT2D eigenvalue weighted by molar-refractivity contribution is 0.365. The van der Waals surface area contributed by atoms with Gasteiger partial charge in [0.2, 0.25) is 0 Å². The van der Waals surface area contributed by atoms with E-state index in [-0.39, 0.29) is 7.12 Å². The maximum absolute atomic E-state index is 5.90. The fourth-order valence-electron chi connectivity index (χ4n) is 4.08. The molecule has 0 N–H and O–H groups in total. The third-order valence-electron chi connectivity index (χ3n) is 5.25. The zero-order chi connectivity index (χ0) is 17.5. The minimum Gasteiger partial charge on any atom is -0.405 e. The van der Waals surface area contributed by atoms with Crippen LogP contribution in [0, 0.1) is 6.92 Å². The van der Waals surface area contributed by atoms with Crippen molar-refractivity contribution in [1.82, 2.24) is 0 Å². The van der Waals surface area contributed by atoms with Gasteiger partial charge in [-0.1, -0.05) is 72.8 Å². The summed E-state index contributed by atoms with van der Waals surface area (Å²) in [6, 6.07) is 25.8. The summed E-state index contributed by atoms with van der Waals surface area (Å²) in [6.45, 7) is 3.47. The van der Waals surface area contributed by atoms with Crippen LogP contribution in [0.5, 0.6) is 0 Å². The highest BCUT2D eigenvalue weighted by molar-refractivity contribution is 6.68. The molecule has 0 amide bonds. The first-order valence-electron chi connectivity index (χ1n) is 9.07. The summed E-state index contributed by atoms with van der Waals surface area (Å²) in [5.41, 5.74) is 4.99. The normalized spacial score (nSPS) is 14.4. The van der Waals surface area contributed by atoms with Crippen LogP contribution in [0.15, 0.2) is 72.8 Å². The summed E-state index contributed by atoms with van der Waals surface area (Å²) in [5.74, 6) is 0. The largest absolute Gasteiger partial charge is 0.495 e. The third-order valence-corrected chi connectivity index (χ3v) is 5.25. The van der Waals surface area contributed by atoms with Gasteiger partial charge in [0.25, 0.3) is 0 Å². The van der Waals surface area contributed by atoms with Crippen LogP contribution in [0.25, 0.3) is 32.7 Å². The zero-order valence-corrected chi connectivity index (χ0v) is 14.7. The molecule has 26 heavy (non-hydrogen) atoms. The molecule has 0 aliphatic carbocycles. The maximum atomic E-state index is 5.90. The van der Waals surface area contributed by atoms with Crippen molar-refractivity contribution < 1.29 is 9.31 Å². The Morgan fingerprint density at radius 3 is 1.73 bits per heavy atom. The van der Waals surface area contributed by atoms with Gasteiger partial charge in [0, 0.05) is 0 Å². The average molecular weight is 338 g/mol. The van der Waals surface area contributed by atoms with Crippen LogP contribution in [-0.4, -0.2) is 20.3 Å². The lowest BCUT2D eigenvalue weighted by Gasteiger charge is -2.19. The van der Waals surface area contributed by atoms with Crippen LogP contribution in [0.2, 0.25) is 0 Å². The molecule has 1 heterocycles. The van der Waals surface area contributed by atoms with Crippen molar-refractivity contribution in [1.29, 1.82) is 0 Å². The molecule has 1 saturated heterocycles. The maximum Gasteiger partial charge on any atom is 0.495 e.